The highest BCUT2D eigenvalue weighted by Gasteiger charge is 2.19. The second-order valence-corrected chi connectivity index (χ2v) is 9.71. The highest BCUT2D eigenvalue weighted by atomic mass is 35.5. The normalized spacial score (nSPS) is 13.6. The third kappa shape index (κ3) is 5.69. The lowest BCUT2D eigenvalue weighted by Crippen LogP contribution is -2.26. The molecule has 0 unspecified atom stereocenters. The molecule has 0 saturated heterocycles. The molecule has 0 aliphatic heterocycles. The van der Waals surface area contributed by atoms with Crippen LogP contribution in [0.4, 0.5) is 5.82 Å². The number of anilines is 1. The molecule has 10 heteroatoms. The molecule has 0 radical (unpaired) electrons. The van der Waals surface area contributed by atoms with Gasteiger partial charge in [0.15, 0.2) is 16.6 Å². The quantitative estimate of drug-likeness (QED) is 0.352. The monoisotopic (exact) mass is 453 g/mol. The fourth-order valence-electron chi connectivity index (χ4n) is 2.81. The van der Waals surface area contributed by atoms with Crippen LogP contribution in [0, 0.1) is 5.92 Å². The van der Waals surface area contributed by atoms with Crippen molar-refractivity contribution >= 4 is 50.9 Å². The van der Waals surface area contributed by atoms with Crippen LogP contribution in [0.15, 0.2) is 23.5 Å². The minimum Gasteiger partial charge on any atom is -0.473 e. The van der Waals surface area contributed by atoms with E-state index in [0.717, 1.165) is 16.8 Å². The molecular weight excluding hydrogens is 430 g/mol. The number of ether oxygens (including phenoxy) is 1. The molecular formula is C19H24ClN5O2S2. The molecule has 2 atom stereocenters. The predicted octanol–water partition coefficient (Wildman–Crippen LogP) is 4.82. The van der Waals surface area contributed by atoms with Crippen LogP contribution in [-0.2, 0) is 0 Å². The van der Waals surface area contributed by atoms with Gasteiger partial charge in [-0.15, -0.1) is 0 Å². The number of aliphatic hydroxyl groups excluding tert-OH is 1. The number of nitrogens with zero attached hydrogens (tertiary/aromatic N) is 4. The smallest absolute Gasteiger partial charge is 0.275 e. The summed E-state index contributed by atoms with van der Waals surface area (Å²) in [6.07, 6.45) is 2.46. The van der Waals surface area contributed by atoms with Gasteiger partial charge in [0.1, 0.15) is 4.70 Å². The molecule has 3 aromatic heterocycles. The van der Waals surface area contributed by atoms with Crippen molar-refractivity contribution in [2.24, 2.45) is 5.92 Å². The second kappa shape index (κ2) is 9.88. The number of hydrogen-bond donors (Lipinski definition) is 2. The lowest BCUT2D eigenvalue weighted by molar-refractivity contribution is 0.259. The van der Waals surface area contributed by atoms with Crippen molar-refractivity contribution in [2.45, 2.75) is 43.6 Å². The maximum Gasteiger partial charge on any atom is 0.275 e. The lowest BCUT2D eigenvalue weighted by atomic mass is 10.0. The summed E-state index contributed by atoms with van der Waals surface area (Å²) in [4.78, 5) is 18.1. The van der Waals surface area contributed by atoms with Crippen LogP contribution in [0.5, 0.6) is 5.19 Å². The Morgan fingerprint density at radius 1 is 1.24 bits per heavy atom. The third-order valence-corrected chi connectivity index (χ3v) is 6.38. The summed E-state index contributed by atoms with van der Waals surface area (Å²) in [5, 5.41) is 14.9. The summed E-state index contributed by atoms with van der Waals surface area (Å²) < 4.78 is 6.10. The van der Waals surface area contributed by atoms with E-state index in [0.29, 0.717) is 32.8 Å². The molecule has 7 nitrogen and oxygen atoms in total. The van der Waals surface area contributed by atoms with Crippen LogP contribution in [-0.4, -0.2) is 44.8 Å². The second-order valence-electron chi connectivity index (χ2n) is 7.01. The molecule has 0 aliphatic carbocycles. The number of aromatic nitrogens is 4. The van der Waals surface area contributed by atoms with Crippen LogP contribution >= 0.6 is 34.7 Å². The van der Waals surface area contributed by atoms with Crippen LogP contribution < -0.4 is 10.1 Å². The summed E-state index contributed by atoms with van der Waals surface area (Å²) in [6.45, 7) is 6.31. The Hall–Kier alpha value is -1.68. The van der Waals surface area contributed by atoms with Crippen molar-refractivity contribution in [2.75, 3.05) is 19.0 Å². The van der Waals surface area contributed by atoms with Crippen molar-refractivity contribution in [3.05, 3.63) is 29.0 Å². The maximum atomic E-state index is 9.78. The molecule has 3 aromatic rings. The average Bonchev–Trinajstić information content (AvgIpc) is 3.11. The van der Waals surface area contributed by atoms with Crippen molar-refractivity contribution in [1.29, 1.82) is 0 Å². The number of rotatable bonds is 9. The number of fused-ring (bicyclic) bond motifs is 1. The van der Waals surface area contributed by atoms with E-state index in [9.17, 15) is 5.11 Å². The summed E-state index contributed by atoms with van der Waals surface area (Å²) in [5.74, 6) is 1.10. The summed E-state index contributed by atoms with van der Waals surface area (Å²) in [7, 11) is 1.58. The molecule has 0 bridgehead atoms. The van der Waals surface area contributed by atoms with Crippen LogP contribution in [0.25, 0.3) is 10.3 Å². The minimum atomic E-state index is -0.102. The summed E-state index contributed by atoms with van der Waals surface area (Å²) in [6, 6.07) is 3.61. The third-order valence-electron chi connectivity index (χ3n) is 4.15. The molecule has 0 aromatic carbocycles. The van der Waals surface area contributed by atoms with Crippen LogP contribution in [0.1, 0.15) is 38.1 Å². The molecule has 3 rings (SSSR count). The molecule has 0 fully saturated rings. The van der Waals surface area contributed by atoms with Gasteiger partial charge in [-0.3, -0.25) is 4.98 Å². The zero-order chi connectivity index (χ0) is 21.0. The Balaban J connectivity index is 1.92. The van der Waals surface area contributed by atoms with E-state index in [2.05, 4.69) is 34.1 Å². The van der Waals surface area contributed by atoms with Crippen molar-refractivity contribution in [1.82, 2.24) is 19.9 Å². The first-order valence-corrected chi connectivity index (χ1v) is 11.3. The highest BCUT2D eigenvalue weighted by molar-refractivity contribution is 7.99. The first-order chi connectivity index (χ1) is 13.9. The number of thiazole rings is 1. The van der Waals surface area contributed by atoms with E-state index in [1.54, 1.807) is 13.3 Å². The van der Waals surface area contributed by atoms with Gasteiger partial charge >= 0.3 is 0 Å². The molecule has 0 aliphatic rings. The largest absolute Gasteiger partial charge is 0.473 e. The standard InChI is InChI=1S/C19H24ClN5O2S2/c1-10(2)7-13(9-26)22-16-15-17(25-19(27-4)29-15)24-18(23-16)28-11(3)14-6-5-12(20)8-21-14/h5-6,8,10-11,13,26H,7,9H2,1-4H3,(H,22,23,24)/t11-,13+/m0/s1. The van der Waals surface area contributed by atoms with E-state index in [1.807, 2.05) is 19.1 Å². The van der Waals surface area contributed by atoms with E-state index < -0.39 is 0 Å². The van der Waals surface area contributed by atoms with Crippen molar-refractivity contribution in [3.8, 4) is 5.19 Å². The van der Waals surface area contributed by atoms with Gasteiger partial charge in [0.2, 0.25) is 0 Å². The topological polar surface area (TPSA) is 93.1 Å². The van der Waals surface area contributed by atoms with Crippen molar-refractivity contribution < 1.29 is 9.84 Å². The molecule has 0 saturated carbocycles. The SMILES string of the molecule is COc1nc2nc(S[C@@H](C)c3ccc(Cl)cn3)nc(N[C@@H](CO)CC(C)C)c2s1. The Bertz CT molecular complexity index is 952. The number of hydrogen-bond acceptors (Lipinski definition) is 9. The van der Waals surface area contributed by atoms with Crippen LogP contribution in [0.2, 0.25) is 5.02 Å². The first kappa shape index (κ1) is 22.0. The fraction of sp³-hybridized carbons (Fsp3) is 0.474. The highest BCUT2D eigenvalue weighted by Crippen LogP contribution is 2.37. The molecule has 29 heavy (non-hydrogen) atoms. The Labute approximate surface area is 183 Å². The Morgan fingerprint density at radius 3 is 2.66 bits per heavy atom. The number of thioether (sulfide) groups is 1. The van der Waals surface area contributed by atoms with Gasteiger partial charge in [-0.1, -0.05) is 48.5 Å². The number of halogens is 1. The van der Waals surface area contributed by atoms with Gasteiger partial charge < -0.3 is 15.2 Å². The summed E-state index contributed by atoms with van der Waals surface area (Å²) in [5.41, 5.74) is 1.46. The van der Waals surface area contributed by atoms with E-state index in [1.165, 1.54) is 23.1 Å². The predicted molar refractivity (Wildman–Crippen MR) is 119 cm³/mol. The number of aliphatic hydroxyl groups is 1. The number of pyridine rings is 1. The Kier molecular flexibility index (Phi) is 7.50. The summed E-state index contributed by atoms with van der Waals surface area (Å²) >= 11 is 8.81. The minimum absolute atomic E-state index is 0.0210. The molecule has 0 amide bonds. The number of methoxy groups -OCH3 is 1. The molecule has 3 heterocycles. The van der Waals surface area contributed by atoms with Gasteiger partial charge in [0.25, 0.3) is 5.19 Å². The molecule has 156 valence electrons. The van der Waals surface area contributed by atoms with Crippen molar-refractivity contribution in [3.63, 3.8) is 0 Å². The van der Waals surface area contributed by atoms with E-state index >= 15 is 0 Å². The van der Waals surface area contributed by atoms with Crippen LogP contribution in [0.3, 0.4) is 0 Å². The average molecular weight is 454 g/mol. The van der Waals surface area contributed by atoms with Gasteiger partial charge in [-0.25, -0.2) is 9.97 Å². The van der Waals surface area contributed by atoms with Gasteiger partial charge in [0, 0.05) is 6.20 Å². The first-order valence-electron chi connectivity index (χ1n) is 9.27. The fourth-order valence-corrected chi connectivity index (χ4v) is 4.56. The molecule has 0 spiro atoms. The number of nitrogens with one attached hydrogen (secondary N) is 1. The van der Waals surface area contributed by atoms with E-state index in [4.69, 9.17) is 21.3 Å². The zero-order valence-corrected chi connectivity index (χ0v) is 19.1. The zero-order valence-electron chi connectivity index (χ0n) is 16.7. The van der Waals surface area contributed by atoms with Gasteiger partial charge in [-0.05, 0) is 31.4 Å². The Morgan fingerprint density at radius 2 is 2.03 bits per heavy atom. The lowest BCUT2D eigenvalue weighted by Gasteiger charge is -2.19. The maximum absolute atomic E-state index is 9.78. The van der Waals surface area contributed by atoms with Gasteiger partial charge in [0.05, 0.1) is 35.7 Å². The van der Waals surface area contributed by atoms with E-state index in [-0.39, 0.29) is 17.9 Å². The van der Waals surface area contributed by atoms with Gasteiger partial charge in [-0.2, -0.15) is 4.98 Å². The molecule has 2 N–H and O–H groups in total.